The van der Waals surface area contributed by atoms with Crippen LogP contribution in [0.2, 0.25) is 0 Å². The van der Waals surface area contributed by atoms with Gasteiger partial charge in [-0.25, -0.2) is 4.39 Å². The zero-order valence-electron chi connectivity index (χ0n) is 14.4. The molecule has 1 aliphatic heterocycles. The lowest BCUT2D eigenvalue weighted by atomic mass is 10.2. The van der Waals surface area contributed by atoms with Crippen LogP contribution in [0.1, 0.15) is 18.1 Å². The van der Waals surface area contributed by atoms with E-state index in [1.807, 2.05) is 31.2 Å². The number of carbonyl (C=O) groups is 1. The van der Waals surface area contributed by atoms with Gasteiger partial charge in [0.2, 0.25) is 5.91 Å². The Hall–Kier alpha value is -2.67. The van der Waals surface area contributed by atoms with Crippen LogP contribution in [0.25, 0.3) is 0 Å². The molecule has 2 aromatic carbocycles. The van der Waals surface area contributed by atoms with E-state index in [0.717, 1.165) is 11.1 Å². The molecular weight excluding hydrogens is 353 g/mol. The minimum absolute atomic E-state index is 0.0365. The highest BCUT2D eigenvalue weighted by Crippen LogP contribution is 2.28. The number of halogens is 1. The van der Waals surface area contributed by atoms with Crippen LogP contribution in [0.15, 0.2) is 58.7 Å². The summed E-state index contributed by atoms with van der Waals surface area (Å²) in [5, 5.41) is 8.63. The molecule has 2 aromatic rings. The second-order valence-electron chi connectivity index (χ2n) is 5.68. The van der Waals surface area contributed by atoms with Gasteiger partial charge in [0, 0.05) is 5.56 Å². The van der Waals surface area contributed by atoms with Crippen LogP contribution >= 0.6 is 11.8 Å². The first-order valence-electron chi connectivity index (χ1n) is 8.05. The van der Waals surface area contributed by atoms with Gasteiger partial charge in [0.25, 0.3) is 0 Å². The summed E-state index contributed by atoms with van der Waals surface area (Å²) in [6, 6.07) is 13.5. The average Bonchev–Trinajstić information content (AvgIpc) is 2.91. The van der Waals surface area contributed by atoms with E-state index in [1.165, 1.54) is 23.9 Å². The van der Waals surface area contributed by atoms with Crippen LogP contribution in [0.3, 0.4) is 0 Å². The zero-order chi connectivity index (χ0) is 18.5. The summed E-state index contributed by atoms with van der Waals surface area (Å²) in [5.41, 5.74) is 1.63. The molecule has 0 bridgehead atoms. The van der Waals surface area contributed by atoms with Gasteiger partial charge < -0.3 is 4.74 Å². The highest BCUT2D eigenvalue weighted by atomic mass is 32.2. The summed E-state index contributed by atoms with van der Waals surface area (Å²) < 4.78 is 18.3. The molecule has 5 nitrogen and oxygen atoms in total. The summed E-state index contributed by atoms with van der Waals surface area (Å²) in [4.78, 5) is 14.0. The molecule has 1 atom stereocenters. The number of amidine groups is 1. The quantitative estimate of drug-likeness (QED) is 0.595. The Morgan fingerprint density at radius 1 is 1.23 bits per heavy atom. The van der Waals surface area contributed by atoms with Gasteiger partial charge in [-0.1, -0.05) is 36.0 Å². The third-order valence-corrected chi connectivity index (χ3v) is 4.93. The molecular formula is C19H18FN3O2S. The van der Waals surface area contributed by atoms with Gasteiger partial charge in [0.15, 0.2) is 5.17 Å². The van der Waals surface area contributed by atoms with Crippen molar-refractivity contribution in [1.29, 1.82) is 0 Å². The Bertz CT molecular complexity index is 852. The average molecular weight is 371 g/mol. The molecule has 0 saturated carbocycles. The van der Waals surface area contributed by atoms with Crippen LogP contribution in [0, 0.1) is 5.82 Å². The number of methoxy groups -OCH3 is 1. The molecule has 3 rings (SSSR count). The van der Waals surface area contributed by atoms with Crippen molar-refractivity contribution >= 4 is 29.1 Å². The van der Waals surface area contributed by atoms with Gasteiger partial charge in [-0.3, -0.25) is 9.69 Å². The highest BCUT2D eigenvalue weighted by Gasteiger charge is 2.35. The smallest absolute Gasteiger partial charge is 0.242 e. The molecule has 0 unspecified atom stereocenters. The molecule has 0 N–H and O–H groups in total. The van der Waals surface area contributed by atoms with Gasteiger partial charge in [-0.15, -0.1) is 5.10 Å². The fourth-order valence-corrected chi connectivity index (χ4v) is 3.42. The molecule has 7 heteroatoms. The first kappa shape index (κ1) is 18.1. The van der Waals surface area contributed by atoms with E-state index < -0.39 is 0 Å². The number of rotatable bonds is 5. The van der Waals surface area contributed by atoms with Gasteiger partial charge >= 0.3 is 0 Å². The van der Waals surface area contributed by atoms with Crippen molar-refractivity contribution in [2.24, 2.45) is 10.2 Å². The molecule has 1 fully saturated rings. The molecule has 0 aromatic heterocycles. The molecule has 0 aliphatic carbocycles. The van der Waals surface area contributed by atoms with Gasteiger partial charge in [0.05, 0.1) is 25.1 Å². The van der Waals surface area contributed by atoms with Gasteiger partial charge in [-0.05, 0) is 36.8 Å². The number of ether oxygens (including phenoxy) is 1. The maximum atomic E-state index is 13.1. The van der Waals surface area contributed by atoms with E-state index in [4.69, 9.17) is 4.74 Å². The number of carbonyl (C=O) groups excluding carboxylic acids is 1. The van der Waals surface area contributed by atoms with Crippen LogP contribution in [-0.2, 0) is 11.3 Å². The first-order chi connectivity index (χ1) is 12.6. The Labute approximate surface area is 155 Å². The maximum Gasteiger partial charge on any atom is 0.242 e. The van der Waals surface area contributed by atoms with Crippen LogP contribution < -0.4 is 4.74 Å². The van der Waals surface area contributed by atoms with Gasteiger partial charge in [-0.2, -0.15) is 5.10 Å². The number of nitrogens with zero attached hydrogens (tertiary/aromatic N) is 3. The number of amides is 1. The Morgan fingerprint density at radius 2 is 1.96 bits per heavy atom. The Morgan fingerprint density at radius 3 is 2.69 bits per heavy atom. The van der Waals surface area contributed by atoms with E-state index in [-0.39, 0.29) is 17.0 Å². The predicted octanol–water partition coefficient (Wildman–Crippen LogP) is 3.69. The van der Waals surface area contributed by atoms with Crippen LogP contribution in [0.5, 0.6) is 5.75 Å². The molecule has 1 amide bonds. The van der Waals surface area contributed by atoms with Crippen molar-refractivity contribution in [1.82, 2.24) is 4.90 Å². The lowest BCUT2D eigenvalue weighted by molar-refractivity contribution is -0.126. The number of thioether (sulfide) groups is 1. The Kier molecular flexibility index (Phi) is 5.68. The summed E-state index contributed by atoms with van der Waals surface area (Å²) in [6.45, 7) is 2.16. The molecule has 1 aliphatic rings. The topological polar surface area (TPSA) is 54.3 Å². The standard InChI is InChI=1S/C19H18FN3O2S/c1-13-18(24)23(12-14-7-9-16(20)10-8-14)19(26-13)22-21-11-15-5-3-4-6-17(15)25-2/h3-11,13H,12H2,1-2H3/b21-11-,22-19-/t13-/m1/s1. The monoisotopic (exact) mass is 371 g/mol. The minimum Gasteiger partial charge on any atom is -0.496 e. The number of hydrogen-bond donors (Lipinski definition) is 0. The van der Waals surface area contributed by atoms with Gasteiger partial charge in [0.1, 0.15) is 11.6 Å². The molecule has 1 heterocycles. The molecule has 134 valence electrons. The van der Waals surface area contributed by atoms with E-state index in [0.29, 0.717) is 17.5 Å². The van der Waals surface area contributed by atoms with E-state index >= 15 is 0 Å². The maximum absolute atomic E-state index is 13.1. The second kappa shape index (κ2) is 8.14. The van der Waals surface area contributed by atoms with Crippen molar-refractivity contribution in [2.75, 3.05) is 7.11 Å². The predicted molar refractivity (Wildman–Crippen MR) is 102 cm³/mol. The second-order valence-corrected chi connectivity index (χ2v) is 6.99. The number of benzene rings is 2. The van der Waals surface area contributed by atoms with Crippen LogP contribution in [0.4, 0.5) is 4.39 Å². The SMILES string of the molecule is COc1ccccc1/C=N\N=C1/S[C@H](C)C(=O)N1Cc1ccc(F)cc1. The van der Waals surface area contributed by atoms with Crippen molar-refractivity contribution in [3.63, 3.8) is 0 Å². The van der Waals surface area contributed by atoms with Crippen molar-refractivity contribution in [2.45, 2.75) is 18.7 Å². The molecule has 0 spiro atoms. The van der Waals surface area contributed by atoms with E-state index in [1.54, 1.807) is 30.4 Å². The summed E-state index contributed by atoms with van der Waals surface area (Å²) in [6.07, 6.45) is 1.59. The normalized spacial score (nSPS) is 18.9. The fourth-order valence-electron chi connectivity index (χ4n) is 2.49. The highest BCUT2D eigenvalue weighted by molar-refractivity contribution is 8.15. The summed E-state index contributed by atoms with van der Waals surface area (Å²) >= 11 is 1.36. The molecule has 1 saturated heterocycles. The largest absolute Gasteiger partial charge is 0.496 e. The molecule has 26 heavy (non-hydrogen) atoms. The zero-order valence-corrected chi connectivity index (χ0v) is 15.2. The summed E-state index contributed by atoms with van der Waals surface area (Å²) in [5.74, 6) is 0.355. The third kappa shape index (κ3) is 4.11. The summed E-state index contributed by atoms with van der Waals surface area (Å²) in [7, 11) is 1.59. The van der Waals surface area contributed by atoms with E-state index in [2.05, 4.69) is 10.2 Å². The van der Waals surface area contributed by atoms with Crippen molar-refractivity contribution in [3.8, 4) is 5.75 Å². The fraction of sp³-hybridized carbons (Fsp3) is 0.211. The lowest BCUT2D eigenvalue weighted by Crippen LogP contribution is -2.30. The minimum atomic E-state index is -0.306. The first-order valence-corrected chi connectivity index (χ1v) is 8.93. The van der Waals surface area contributed by atoms with Crippen LogP contribution in [-0.4, -0.2) is 34.5 Å². The number of para-hydroxylation sites is 1. The number of hydrogen-bond acceptors (Lipinski definition) is 5. The molecule has 0 radical (unpaired) electrons. The Balaban J connectivity index is 1.79. The lowest BCUT2D eigenvalue weighted by Gasteiger charge is -2.15. The van der Waals surface area contributed by atoms with E-state index in [9.17, 15) is 9.18 Å². The van der Waals surface area contributed by atoms with Crippen molar-refractivity contribution in [3.05, 3.63) is 65.5 Å². The van der Waals surface area contributed by atoms with Crippen molar-refractivity contribution < 1.29 is 13.9 Å². The third-order valence-electron chi connectivity index (χ3n) is 3.86.